The van der Waals surface area contributed by atoms with Crippen molar-refractivity contribution in [2.45, 2.75) is 0 Å². The summed E-state index contributed by atoms with van der Waals surface area (Å²) < 4.78 is 9.40. The zero-order valence-electron chi connectivity index (χ0n) is 9.25. The number of esters is 1. The van der Waals surface area contributed by atoms with Crippen LogP contribution in [0.3, 0.4) is 0 Å². The Balaban J connectivity index is 2.58. The molecule has 0 aliphatic carbocycles. The van der Waals surface area contributed by atoms with E-state index in [1.54, 1.807) is 30.3 Å². The van der Waals surface area contributed by atoms with E-state index >= 15 is 0 Å². The van der Waals surface area contributed by atoms with Gasteiger partial charge in [-0.3, -0.25) is 0 Å². The molecule has 0 unspecified atom stereocenters. The predicted molar refractivity (Wildman–Crippen MR) is 60.6 cm³/mol. The van der Waals surface area contributed by atoms with Gasteiger partial charge in [-0.25, -0.2) is 9.59 Å². The van der Waals surface area contributed by atoms with E-state index in [4.69, 9.17) is 9.84 Å². The van der Waals surface area contributed by atoms with Gasteiger partial charge in [0.2, 0.25) is 0 Å². The number of carbonyl (C=O) groups is 2. The number of carboxylic acids is 1. The second-order valence-corrected chi connectivity index (χ2v) is 3.11. The smallest absolute Gasteiger partial charge is 0.341 e. The maximum atomic E-state index is 10.8. The number of hydrogen-bond acceptors (Lipinski definition) is 4. The summed E-state index contributed by atoms with van der Waals surface area (Å²) in [7, 11) is 1.30. The van der Waals surface area contributed by atoms with E-state index in [1.807, 2.05) is 0 Å². The van der Waals surface area contributed by atoms with E-state index in [-0.39, 0.29) is 6.61 Å². The summed E-state index contributed by atoms with van der Waals surface area (Å²) in [5.74, 6) is -1.00. The third-order valence-electron chi connectivity index (χ3n) is 1.86. The summed E-state index contributed by atoms with van der Waals surface area (Å²) in [4.78, 5) is 21.1. The highest BCUT2D eigenvalue weighted by molar-refractivity contribution is 5.86. The number of rotatable bonds is 5. The molecule has 1 N–H and O–H groups in total. The molecule has 1 aromatic rings. The molecular weight excluding hydrogens is 224 g/mol. The van der Waals surface area contributed by atoms with Crippen LogP contribution in [0.5, 0.6) is 5.75 Å². The number of ether oxygens (including phenoxy) is 2. The van der Waals surface area contributed by atoms with E-state index in [9.17, 15) is 9.59 Å². The van der Waals surface area contributed by atoms with Crippen LogP contribution < -0.4 is 4.74 Å². The Bertz CT molecular complexity index is 419. The number of hydrogen-bond donors (Lipinski definition) is 1. The molecule has 17 heavy (non-hydrogen) atoms. The number of carboxylic acid groups (broad SMARTS) is 1. The lowest BCUT2D eigenvalue weighted by molar-refractivity contribution is -0.139. The zero-order chi connectivity index (χ0) is 12.7. The fraction of sp³-hybridized carbons (Fsp3) is 0.167. The van der Waals surface area contributed by atoms with Gasteiger partial charge >= 0.3 is 11.9 Å². The van der Waals surface area contributed by atoms with Crippen LogP contribution in [0.25, 0.3) is 6.08 Å². The van der Waals surface area contributed by atoms with Crippen LogP contribution >= 0.6 is 0 Å². The van der Waals surface area contributed by atoms with Gasteiger partial charge in [-0.2, -0.15) is 0 Å². The van der Waals surface area contributed by atoms with E-state index in [2.05, 4.69) is 4.74 Å². The molecule has 0 saturated heterocycles. The molecule has 0 radical (unpaired) electrons. The number of carbonyl (C=O) groups excluding carboxylic acids is 1. The quantitative estimate of drug-likeness (QED) is 0.616. The van der Waals surface area contributed by atoms with Gasteiger partial charge in [0.25, 0.3) is 0 Å². The lowest BCUT2D eigenvalue weighted by atomic mass is 10.2. The average molecular weight is 236 g/mol. The van der Waals surface area contributed by atoms with Gasteiger partial charge in [0.1, 0.15) is 5.75 Å². The van der Waals surface area contributed by atoms with Crippen molar-refractivity contribution in [3.8, 4) is 5.75 Å². The highest BCUT2D eigenvalue weighted by Crippen LogP contribution is 2.13. The second kappa shape index (κ2) is 6.32. The molecule has 0 amide bonds. The van der Waals surface area contributed by atoms with Gasteiger partial charge in [0, 0.05) is 6.08 Å². The van der Waals surface area contributed by atoms with Crippen molar-refractivity contribution in [2.24, 2.45) is 0 Å². The van der Waals surface area contributed by atoms with Gasteiger partial charge < -0.3 is 14.6 Å². The van der Waals surface area contributed by atoms with E-state index in [0.29, 0.717) is 5.75 Å². The van der Waals surface area contributed by atoms with Crippen LogP contribution in [0.15, 0.2) is 30.3 Å². The van der Waals surface area contributed by atoms with Crippen molar-refractivity contribution in [3.63, 3.8) is 0 Å². The van der Waals surface area contributed by atoms with Crippen molar-refractivity contribution >= 4 is 18.0 Å². The number of benzene rings is 1. The third kappa shape index (κ3) is 4.83. The highest BCUT2D eigenvalue weighted by atomic mass is 16.5. The summed E-state index contributed by atoms with van der Waals surface area (Å²) in [5.41, 5.74) is 0.790. The minimum atomic E-state index is -1.03. The molecule has 0 heterocycles. The molecule has 0 saturated carbocycles. The monoisotopic (exact) mass is 236 g/mol. The Morgan fingerprint density at radius 3 is 2.47 bits per heavy atom. The molecule has 5 heteroatoms. The van der Waals surface area contributed by atoms with Crippen molar-refractivity contribution in [1.29, 1.82) is 0 Å². The first-order chi connectivity index (χ1) is 8.11. The first kappa shape index (κ1) is 12.8. The molecule has 0 aliphatic heterocycles. The Labute approximate surface area is 98.3 Å². The molecule has 1 aromatic carbocycles. The highest BCUT2D eigenvalue weighted by Gasteiger charge is 1.98. The van der Waals surface area contributed by atoms with Gasteiger partial charge in [0.05, 0.1) is 7.11 Å². The molecule has 0 aliphatic rings. The average Bonchev–Trinajstić information content (AvgIpc) is 2.34. The van der Waals surface area contributed by atoms with Crippen molar-refractivity contribution in [3.05, 3.63) is 35.9 Å². The van der Waals surface area contributed by atoms with Crippen LogP contribution in [0.4, 0.5) is 0 Å². The standard InChI is InChI=1S/C12H12O5/c1-16-12(15)7-4-9-2-5-10(6-3-9)17-8-11(13)14/h2-7H,8H2,1H3,(H,13,14). The van der Waals surface area contributed by atoms with Crippen LogP contribution in [-0.4, -0.2) is 30.8 Å². The minimum absolute atomic E-state index is 0.378. The fourth-order valence-electron chi connectivity index (χ4n) is 1.05. The summed E-state index contributed by atoms with van der Waals surface area (Å²) >= 11 is 0. The van der Waals surface area contributed by atoms with Gasteiger partial charge in [-0.15, -0.1) is 0 Å². The number of aliphatic carboxylic acids is 1. The van der Waals surface area contributed by atoms with Crippen molar-refractivity contribution in [2.75, 3.05) is 13.7 Å². The van der Waals surface area contributed by atoms with E-state index < -0.39 is 11.9 Å². The Morgan fingerprint density at radius 1 is 1.29 bits per heavy atom. The third-order valence-corrected chi connectivity index (χ3v) is 1.86. The molecular formula is C12H12O5. The normalized spacial score (nSPS) is 10.2. The van der Waals surface area contributed by atoms with Gasteiger partial charge in [0.15, 0.2) is 6.61 Å². The Hall–Kier alpha value is -2.30. The molecule has 90 valence electrons. The molecule has 0 spiro atoms. The van der Waals surface area contributed by atoms with Crippen LogP contribution in [0.1, 0.15) is 5.56 Å². The predicted octanol–water partition coefficient (Wildman–Crippen LogP) is 1.34. The maximum Gasteiger partial charge on any atom is 0.341 e. The summed E-state index contributed by atoms with van der Waals surface area (Å²) in [6.45, 7) is -0.378. The summed E-state index contributed by atoms with van der Waals surface area (Å²) in [5, 5.41) is 8.41. The lowest BCUT2D eigenvalue weighted by Gasteiger charge is -2.02. The molecule has 5 nitrogen and oxygen atoms in total. The van der Waals surface area contributed by atoms with E-state index in [1.165, 1.54) is 13.2 Å². The summed E-state index contributed by atoms with van der Waals surface area (Å²) in [6.07, 6.45) is 2.89. The van der Waals surface area contributed by atoms with Crippen LogP contribution in [-0.2, 0) is 14.3 Å². The summed E-state index contributed by atoms with van der Waals surface area (Å²) in [6, 6.07) is 6.66. The van der Waals surface area contributed by atoms with Crippen molar-refractivity contribution in [1.82, 2.24) is 0 Å². The second-order valence-electron chi connectivity index (χ2n) is 3.11. The fourth-order valence-corrected chi connectivity index (χ4v) is 1.05. The van der Waals surface area contributed by atoms with E-state index in [0.717, 1.165) is 5.56 Å². The minimum Gasteiger partial charge on any atom is -0.482 e. The zero-order valence-corrected chi connectivity index (χ0v) is 9.25. The topological polar surface area (TPSA) is 72.8 Å². The molecule has 0 bridgehead atoms. The molecule has 0 aromatic heterocycles. The molecule has 0 atom stereocenters. The Kier molecular flexibility index (Phi) is 4.75. The Morgan fingerprint density at radius 2 is 1.94 bits per heavy atom. The van der Waals surface area contributed by atoms with Crippen LogP contribution in [0, 0.1) is 0 Å². The van der Waals surface area contributed by atoms with Crippen molar-refractivity contribution < 1.29 is 24.2 Å². The molecule has 0 fully saturated rings. The molecule has 1 rings (SSSR count). The van der Waals surface area contributed by atoms with Gasteiger partial charge in [-0.1, -0.05) is 12.1 Å². The first-order valence-electron chi connectivity index (χ1n) is 4.82. The van der Waals surface area contributed by atoms with Crippen LogP contribution in [0.2, 0.25) is 0 Å². The first-order valence-corrected chi connectivity index (χ1v) is 4.82. The van der Waals surface area contributed by atoms with Gasteiger partial charge in [-0.05, 0) is 23.8 Å². The number of methoxy groups -OCH3 is 1. The lowest BCUT2D eigenvalue weighted by Crippen LogP contribution is -2.09. The maximum absolute atomic E-state index is 10.8. The largest absolute Gasteiger partial charge is 0.482 e. The SMILES string of the molecule is COC(=O)C=Cc1ccc(OCC(=O)O)cc1.